The fourth-order valence-corrected chi connectivity index (χ4v) is 3.32. The minimum absolute atomic E-state index is 0.0398. The third kappa shape index (κ3) is 4.62. The summed E-state index contributed by atoms with van der Waals surface area (Å²) in [5.41, 5.74) is 0. The maximum atomic E-state index is 12.6. The van der Waals surface area contributed by atoms with Crippen LogP contribution in [0.2, 0.25) is 0 Å². The van der Waals surface area contributed by atoms with Crippen LogP contribution in [0.1, 0.15) is 13.8 Å². The van der Waals surface area contributed by atoms with Crippen LogP contribution in [0.5, 0.6) is 11.5 Å². The molecule has 0 aliphatic rings. The summed E-state index contributed by atoms with van der Waals surface area (Å²) in [5.74, 6) is 1.61. The highest BCUT2D eigenvalue weighted by molar-refractivity contribution is 7.91. The van der Waals surface area contributed by atoms with Crippen LogP contribution in [0.4, 0.5) is 0 Å². The molecule has 4 nitrogen and oxygen atoms in total. The Labute approximate surface area is 141 Å². The van der Waals surface area contributed by atoms with Gasteiger partial charge in [-0.15, -0.1) is 11.6 Å². The first kappa shape index (κ1) is 17.6. The zero-order chi connectivity index (χ0) is 16.9. The fraction of sp³-hybridized carbons (Fsp3) is 0.294. The second-order valence-electron chi connectivity index (χ2n) is 5.15. The number of hydrogen-bond donors (Lipinski definition) is 0. The molecule has 0 aromatic heterocycles. The molecule has 0 N–H and O–H groups in total. The molecule has 0 saturated carbocycles. The summed E-state index contributed by atoms with van der Waals surface area (Å²) in [5, 5.41) is 0. The Balaban J connectivity index is 2.20. The average molecular weight is 355 g/mol. The first-order valence-corrected chi connectivity index (χ1v) is 9.26. The van der Waals surface area contributed by atoms with E-state index >= 15 is 0 Å². The second-order valence-corrected chi connectivity index (χ2v) is 7.48. The van der Waals surface area contributed by atoms with Crippen molar-refractivity contribution in [3.63, 3.8) is 0 Å². The lowest BCUT2D eigenvalue weighted by Gasteiger charge is -2.11. The minimum atomic E-state index is -3.56. The van der Waals surface area contributed by atoms with Gasteiger partial charge in [0.1, 0.15) is 18.1 Å². The van der Waals surface area contributed by atoms with Crippen molar-refractivity contribution in [2.75, 3.05) is 12.5 Å². The Bertz CT molecular complexity index is 722. The van der Waals surface area contributed by atoms with E-state index in [0.717, 1.165) is 0 Å². The topological polar surface area (TPSA) is 52.6 Å². The maximum Gasteiger partial charge on any atom is 0.206 e. The first-order valence-electron chi connectivity index (χ1n) is 7.24. The molecule has 0 radical (unpaired) electrons. The van der Waals surface area contributed by atoms with E-state index in [9.17, 15) is 8.42 Å². The van der Waals surface area contributed by atoms with E-state index in [1.807, 2.05) is 13.8 Å². The number of ether oxygens (including phenoxy) is 2. The quantitative estimate of drug-likeness (QED) is 0.707. The van der Waals surface area contributed by atoms with Crippen molar-refractivity contribution in [1.82, 2.24) is 0 Å². The maximum absolute atomic E-state index is 12.6. The van der Waals surface area contributed by atoms with Gasteiger partial charge < -0.3 is 9.47 Å². The Kier molecular flexibility index (Phi) is 5.91. The lowest BCUT2D eigenvalue weighted by Crippen LogP contribution is -2.06. The van der Waals surface area contributed by atoms with E-state index in [-0.39, 0.29) is 15.9 Å². The third-order valence-corrected chi connectivity index (χ3v) is 4.93. The Morgan fingerprint density at radius 1 is 0.913 bits per heavy atom. The monoisotopic (exact) mass is 354 g/mol. The van der Waals surface area contributed by atoms with E-state index in [1.54, 1.807) is 36.4 Å². The van der Waals surface area contributed by atoms with Gasteiger partial charge in [-0.3, -0.25) is 0 Å². The SMILES string of the molecule is CC(C)Oc1ccc(S(=O)(=O)c2ccc(OCCCl)cc2)cc1. The number of halogens is 1. The summed E-state index contributed by atoms with van der Waals surface area (Å²) < 4.78 is 36.0. The Morgan fingerprint density at radius 3 is 1.83 bits per heavy atom. The van der Waals surface area contributed by atoms with Gasteiger partial charge in [-0.05, 0) is 62.4 Å². The van der Waals surface area contributed by atoms with Crippen LogP contribution in [-0.4, -0.2) is 27.0 Å². The van der Waals surface area contributed by atoms with Gasteiger partial charge in [0.15, 0.2) is 0 Å². The van der Waals surface area contributed by atoms with E-state index in [4.69, 9.17) is 21.1 Å². The molecule has 2 aromatic carbocycles. The number of alkyl halides is 1. The second kappa shape index (κ2) is 7.70. The van der Waals surface area contributed by atoms with Crippen molar-refractivity contribution < 1.29 is 17.9 Å². The smallest absolute Gasteiger partial charge is 0.206 e. The predicted octanol–water partition coefficient (Wildman–Crippen LogP) is 3.92. The van der Waals surface area contributed by atoms with Crippen LogP contribution in [-0.2, 0) is 9.84 Å². The molecule has 23 heavy (non-hydrogen) atoms. The molecule has 2 aromatic rings. The summed E-state index contributed by atoms with van der Waals surface area (Å²) >= 11 is 5.55. The lowest BCUT2D eigenvalue weighted by atomic mass is 10.3. The molecule has 0 aliphatic heterocycles. The van der Waals surface area contributed by atoms with Gasteiger partial charge in [0.2, 0.25) is 9.84 Å². The summed E-state index contributed by atoms with van der Waals surface area (Å²) in [6.07, 6.45) is 0.0398. The van der Waals surface area contributed by atoms with Gasteiger partial charge >= 0.3 is 0 Å². The lowest BCUT2D eigenvalue weighted by molar-refractivity contribution is 0.242. The molecule has 124 valence electrons. The molecule has 0 unspecified atom stereocenters. The Morgan fingerprint density at radius 2 is 1.39 bits per heavy atom. The predicted molar refractivity (Wildman–Crippen MR) is 90.3 cm³/mol. The molecule has 2 rings (SSSR count). The van der Waals surface area contributed by atoms with Gasteiger partial charge in [-0.2, -0.15) is 0 Å². The molecular weight excluding hydrogens is 336 g/mol. The molecule has 0 atom stereocenters. The highest BCUT2D eigenvalue weighted by Gasteiger charge is 2.17. The molecule has 0 bridgehead atoms. The van der Waals surface area contributed by atoms with Crippen molar-refractivity contribution in [3.8, 4) is 11.5 Å². The van der Waals surface area contributed by atoms with Crippen LogP contribution in [0, 0.1) is 0 Å². The molecule has 0 amide bonds. The summed E-state index contributed by atoms with van der Waals surface area (Å²) in [4.78, 5) is 0.441. The average Bonchev–Trinajstić information content (AvgIpc) is 2.53. The molecule has 0 aliphatic carbocycles. The zero-order valence-electron chi connectivity index (χ0n) is 13.0. The van der Waals surface area contributed by atoms with Gasteiger partial charge in [-0.1, -0.05) is 0 Å². The van der Waals surface area contributed by atoms with Crippen LogP contribution in [0.25, 0.3) is 0 Å². The summed E-state index contributed by atoms with van der Waals surface area (Å²) in [6.45, 7) is 4.21. The van der Waals surface area contributed by atoms with Gasteiger partial charge in [0.05, 0.1) is 21.8 Å². The standard InChI is InChI=1S/C17H19ClO4S/c1-13(2)22-15-5-9-17(10-6-15)23(19,20)16-7-3-14(4-8-16)21-12-11-18/h3-10,13H,11-12H2,1-2H3. The van der Waals surface area contributed by atoms with Crippen molar-refractivity contribution in [2.24, 2.45) is 0 Å². The summed E-state index contributed by atoms with van der Waals surface area (Å²) in [6, 6.07) is 12.7. The number of rotatable bonds is 7. The fourth-order valence-electron chi connectivity index (χ4n) is 1.98. The van der Waals surface area contributed by atoms with Crippen molar-refractivity contribution >= 4 is 21.4 Å². The molecule has 0 saturated heterocycles. The largest absolute Gasteiger partial charge is 0.492 e. The van der Waals surface area contributed by atoms with Gasteiger partial charge in [0, 0.05) is 0 Å². The molecule has 6 heteroatoms. The van der Waals surface area contributed by atoms with E-state index in [2.05, 4.69) is 0 Å². The van der Waals surface area contributed by atoms with Crippen molar-refractivity contribution in [1.29, 1.82) is 0 Å². The van der Waals surface area contributed by atoms with Crippen LogP contribution in [0.3, 0.4) is 0 Å². The van der Waals surface area contributed by atoms with E-state index < -0.39 is 9.84 Å². The number of hydrogen-bond acceptors (Lipinski definition) is 4. The third-order valence-electron chi connectivity index (χ3n) is 2.99. The zero-order valence-corrected chi connectivity index (χ0v) is 14.6. The Hall–Kier alpha value is -1.72. The highest BCUT2D eigenvalue weighted by Crippen LogP contribution is 2.25. The first-order chi connectivity index (χ1) is 10.9. The van der Waals surface area contributed by atoms with Crippen molar-refractivity contribution in [3.05, 3.63) is 48.5 Å². The molecular formula is C17H19ClO4S. The summed E-state index contributed by atoms with van der Waals surface area (Å²) in [7, 11) is -3.56. The normalized spacial score (nSPS) is 11.5. The van der Waals surface area contributed by atoms with E-state index in [0.29, 0.717) is 24.0 Å². The highest BCUT2D eigenvalue weighted by atomic mass is 35.5. The minimum Gasteiger partial charge on any atom is -0.492 e. The van der Waals surface area contributed by atoms with Crippen LogP contribution >= 0.6 is 11.6 Å². The molecule has 0 heterocycles. The number of benzene rings is 2. The number of sulfone groups is 1. The molecule has 0 fully saturated rings. The van der Waals surface area contributed by atoms with Crippen LogP contribution < -0.4 is 9.47 Å². The van der Waals surface area contributed by atoms with Gasteiger partial charge in [0.25, 0.3) is 0 Å². The molecule has 0 spiro atoms. The van der Waals surface area contributed by atoms with Gasteiger partial charge in [-0.25, -0.2) is 8.42 Å². The van der Waals surface area contributed by atoms with Crippen molar-refractivity contribution in [2.45, 2.75) is 29.7 Å². The van der Waals surface area contributed by atoms with Crippen LogP contribution in [0.15, 0.2) is 58.3 Å². The van der Waals surface area contributed by atoms with E-state index in [1.165, 1.54) is 12.1 Å².